The molecule has 3 aromatic heterocycles. The van der Waals surface area contributed by atoms with E-state index in [-0.39, 0.29) is 28.5 Å². The quantitative estimate of drug-likeness (QED) is 0.287. The number of benzene rings is 2. The Morgan fingerprint density at radius 3 is 2.08 bits per heavy atom. The van der Waals surface area contributed by atoms with Gasteiger partial charge in [-0.25, -0.2) is 9.48 Å². The van der Waals surface area contributed by atoms with Gasteiger partial charge in [-0.2, -0.15) is 10.2 Å². The Kier molecular flexibility index (Phi) is 6.75. The summed E-state index contributed by atoms with van der Waals surface area (Å²) >= 11 is 1.36. The summed E-state index contributed by atoms with van der Waals surface area (Å²) in [5, 5.41) is 19.9. The van der Waals surface area contributed by atoms with Crippen molar-refractivity contribution in [3.63, 3.8) is 0 Å². The SMILES string of the molecule is Cc1nn(C(c2ccccc2)c2ccccc2)c(C)c1Cc1sc2c(C(C)C)nn(C)c(=O)c2c1C(=O)O. The average Bonchev–Trinajstić information content (AvgIpc) is 3.41. The highest BCUT2D eigenvalue weighted by atomic mass is 32.1. The van der Waals surface area contributed by atoms with Crippen LogP contribution in [0.4, 0.5) is 0 Å². The van der Waals surface area contributed by atoms with Gasteiger partial charge >= 0.3 is 5.97 Å². The van der Waals surface area contributed by atoms with Gasteiger partial charge < -0.3 is 5.11 Å². The molecular formula is C30H30N4O3S. The third kappa shape index (κ3) is 4.35. The molecule has 5 rings (SSSR count). The number of hydrogen-bond acceptors (Lipinski definition) is 5. The lowest BCUT2D eigenvalue weighted by atomic mass is 9.98. The minimum atomic E-state index is -1.10. The first kappa shape index (κ1) is 25.6. The molecule has 0 atom stereocenters. The first-order valence-corrected chi connectivity index (χ1v) is 13.4. The standard InChI is InChI=1S/C30H30N4O3S/c1-17(2)26-28-25(29(35)33(5)32-26)24(30(36)37)23(38-28)16-22-18(3)31-34(19(22)4)27(20-12-8-6-9-13-20)21-14-10-7-11-15-21/h6-15,17,27H,16H2,1-5H3,(H,36,37). The summed E-state index contributed by atoms with van der Waals surface area (Å²) in [4.78, 5) is 26.2. The van der Waals surface area contributed by atoms with Crippen LogP contribution in [0.3, 0.4) is 0 Å². The highest BCUT2D eigenvalue weighted by Crippen LogP contribution is 2.37. The number of aromatic carboxylic acids is 1. The van der Waals surface area contributed by atoms with Gasteiger partial charge in [0.2, 0.25) is 0 Å². The van der Waals surface area contributed by atoms with Crippen LogP contribution in [0.5, 0.6) is 0 Å². The number of nitrogens with zero attached hydrogens (tertiary/aromatic N) is 4. The summed E-state index contributed by atoms with van der Waals surface area (Å²) in [5.41, 5.74) is 5.41. The van der Waals surface area contributed by atoms with E-state index in [9.17, 15) is 14.7 Å². The van der Waals surface area contributed by atoms with Crippen LogP contribution in [0.2, 0.25) is 0 Å². The maximum atomic E-state index is 13.1. The number of fused-ring (bicyclic) bond motifs is 1. The second-order valence-corrected chi connectivity index (χ2v) is 11.0. The van der Waals surface area contributed by atoms with Crippen molar-refractivity contribution >= 4 is 27.4 Å². The molecule has 0 unspecified atom stereocenters. The predicted octanol–water partition coefficient (Wildman–Crippen LogP) is 5.86. The van der Waals surface area contributed by atoms with Crippen molar-refractivity contribution < 1.29 is 9.90 Å². The van der Waals surface area contributed by atoms with E-state index in [0.717, 1.165) is 33.8 Å². The van der Waals surface area contributed by atoms with E-state index in [2.05, 4.69) is 29.4 Å². The molecular weight excluding hydrogens is 496 g/mol. The minimum Gasteiger partial charge on any atom is -0.478 e. The maximum Gasteiger partial charge on any atom is 0.337 e. The molecule has 5 aromatic rings. The van der Waals surface area contributed by atoms with Gasteiger partial charge in [-0.15, -0.1) is 11.3 Å². The number of hydrogen-bond donors (Lipinski definition) is 1. The number of aryl methyl sites for hydroxylation is 2. The van der Waals surface area contributed by atoms with Crippen LogP contribution in [0.15, 0.2) is 65.5 Å². The summed E-state index contributed by atoms with van der Waals surface area (Å²) in [6.45, 7) is 7.98. The number of carboxylic acid groups (broad SMARTS) is 1. The summed E-state index contributed by atoms with van der Waals surface area (Å²) in [6.07, 6.45) is 0.371. The van der Waals surface area contributed by atoms with Crippen molar-refractivity contribution in [2.75, 3.05) is 0 Å². The maximum absolute atomic E-state index is 13.1. The highest BCUT2D eigenvalue weighted by molar-refractivity contribution is 7.19. The second kappa shape index (κ2) is 10.0. The molecule has 0 saturated heterocycles. The molecule has 38 heavy (non-hydrogen) atoms. The van der Waals surface area contributed by atoms with Crippen molar-refractivity contribution in [2.24, 2.45) is 7.05 Å². The molecule has 0 radical (unpaired) electrons. The molecule has 0 spiro atoms. The van der Waals surface area contributed by atoms with Gasteiger partial charge in [-0.3, -0.25) is 9.48 Å². The lowest BCUT2D eigenvalue weighted by Crippen LogP contribution is -2.22. The van der Waals surface area contributed by atoms with E-state index in [1.807, 2.05) is 68.8 Å². The third-order valence-electron chi connectivity index (χ3n) is 7.03. The van der Waals surface area contributed by atoms with E-state index in [1.54, 1.807) is 7.05 Å². The first-order chi connectivity index (χ1) is 18.2. The Bertz CT molecular complexity index is 1660. The number of rotatable bonds is 7. The predicted molar refractivity (Wildman–Crippen MR) is 151 cm³/mol. The van der Waals surface area contributed by atoms with Gasteiger partial charge in [0.05, 0.1) is 27.0 Å². The molecule has 0 fully saturated rings. The van der Waals surface area contributed by atoms with E-state index < -0.39 is 5.97 Å². The molecule has 0 saturated carbocycles. The zero-order chi connectivity index (χ0) is 27.1. The normalized spacial score (nSPS) is 11.7. The minimum absolute atomic E-state index is 0.0428. The fourth-order valence-electron chi connectivity index (χ4n) is 5.12. The van der Waals surface area contributed by atoms with Crippen molar-refractivity contribution in [3.8, 4) is 0 Å². The molecule has 7 nitrogen and oxygen atoms in total. The topological polar surface area (TPSA) is 90.0 Å². The van der Waals surface area contributed by atoms with Crippen LogP contribution < -0.4 is 5.56 Å². The Labute approximate surface area is 225 Å². The number of aromatic nitrogens is 4. The Morgan fingerprint density at radius 2 is 1.55 bits per heavy atom. The monoisotopic (exact) mass is 526 g/mol. The summed E-state index contributed by atoms with van der Waals surface area (Å²) in [7, 11) is 1.57. The largest absolute Gasteiger partial charge is 0.478 e. The van der Waals surface area contributed by atoms with Gasteiger partial charge in [0.15, 0.2) is 0 Å². The molecule has 0 amide bonds. The van der Waals surface area contributed by atoms with Crippen LogP contribution in [0, 0.1) is 13.8 Å². The number of thiophene rings is 1. The van der Waals surface area contributed by atoms with Gasteiger partial charge in [0.1, 0.15) is 6.04 Å². The van der Waals surface area contributed by atoms with Crippen molar-refractivity contribution in [3.05, 3.63) is 115 Å². The molecule has 0 aliphatic rings. The molecule has 0 bridgehead atoms. The number of carboxylic acids is 1. The van der Waals surface area contributed by atoms with Gasteiger partial charge in [-0.1, -0.05) is 74.5 Å². The molecule has 194 valence electrons. The molecule has 3 heterocycles. The Balaban J connectivity index is 1.68. The zero-order valence-corrected chi connectivity index (χ0v) is 22.9. The highest BCUT2D eigenvalue weighted by Gasteiger charge is 2.28. The van der Waals surface area contributed by atoms with E-state index in [4.69, 9.17) is 5.10 Å². The smallest absolute Gasteiger partial charge is 0.337 e. The van der Waals surface area contributed by atoms with Crippen LogP contribution in [0.1, 0.15) is 74.8 Å². The Hall–Kier alpha value is -4.04. The van der Waals surface area contributed by atoms with Crippen LogP contribution in [-0.2, 0) is 13.5 Å². The van der Waals surface area contributed by atoms with E-state index in [0.29, 0.717) is 16.0 Å². The molecule has 2 aromatic carbocycles. The van der Waals surface area contributed by atoms with E-state index >= 15 is 0 Å². The molecule has 8 heteroatoms. The fourth-order valence-corrected chi connectivity index (χ4v) is 6.54. The lowest BCUT2D eigenvalue weighted by molar-refractivity contribution is 0.0698. The fraction of sp³-hybridized carbons (Fsp3) is 0.267. The molecule has 0 aliphatic carbocycles. The second-order valence-electron chi connectivity index (χ2n) is 9.87. The zero-order valence-electron chi connectivity index (χ0n) is 22.1. The summed E-state index contributed by atoms with van der Waals surface area (Å²) in [6, 6.07) is 20.3. The number of carbonyl (C=O) groups is 1. The van der Waals surface area contributed by atoms with Crippen molar-refractivity contribution in [2.45, 2.75) is 46.1 Å². The van der Waals surface area contributed by atoms with Gasteiger partial charge in [0.25, 0.3) is 5.56 Å². The van der Waals surface area contributed by atoms with Gasteiger partial charge in [-0.05, 0) is 30.9 Å². The first-order valence-electron chi connectivity index (χ1n) is 12.6. The van der Waals surface area contributed by atoms with Crippen LogP contribution in [0.25, 0.3) is 10.1 Å². The average molecular weight is 527 g/mol. The van der Waals surface area contributed by atoms with Crippen molar-refractivity contribution in [1.29, 1.82) is 0 Å². The lowest BCUT2D eigenvalue weighted by Gasteiger charge is -2.21. The molecule has 1 N–H and O–H groups in total. The van der Waals surface area contributed by atoms with Crippen LogP contribution in [-0.4, -0.2) is 30.6 Å². The van der Waals surface area contributed by atoms with Gasteiger partial charge in [0, 0.05) is 29.6 Å². The third-order valence-corrected chi connectivity index (χ3v) is 8.24. The molecule has 0 aliphatic heterocycles. The Morgan fingerprint density at radius 1 is 0.974 bits per heavy atom. The van der Waals surface area contributed by atoms with E-state index in [1.165, 1.54) is 16.0 Å². The summed E-state index contributed by atoms with van der Waals surface area (Å²) in [5.74, 6) is -1.06. The van der Waals surface area contributed by atoms with Crippen LogP contribution >= 0.6 is 11.3 Å². The summed E-state index contributed by atoms with van der Waals surface area (Å²) < 4.78 is 3.94. The van der Waals surface area contributed by atoms with Crippen molar-refractivity contribution in [1.82, 2.24) is 19.6 Å².